The first kappa shape index (κ1) is 41.3. The number of nitrogens with one attached hydrogen (secondary N) is 3. The monoisotopic (exact) mass is 790 g/mol. The molecule has 5 N–H and O–H groups in total. The number of nitrogens with zero attached hydrogens (tertiary/aromatic N) is 2. The van der Waals surface area contributed by atoms with Gasteiger partial charge in [-0.2, -0.15) is 0 Å². The van der Waals surface area contributed by atoms with Crippen molar-refractivity contribution >= 4 is 55.7 Å². The largest absolute Gasteiger partial charge is 0.497 e. The van der Waals surface area contributed by atoms with Crippen LogP contribution in [-0.4, -0.2) is 30.3 Å². The van der Waals surface area contributed by atoms with Gasteiger partial charge < -0.3 is 35.9 Å². The van der Waals surface area contributed by atoms with Crippen molar-refractivity contribution in [2.45, 2.75) is 46.8 Å². The third kappa shape index (κ3) is 14.2. The quantitative estimate of drug-likeness (QED) is 0.0848. The lowest BCUT2D eigenvalue weighted by Gasteiger charge is -2.13. The molecule has 0 saturated heterocycles. The third-order valence-electron chi connectivity index (χ3n) is 7.91. The molecule has 0 radical (unpaired) electrons. The van der Waals surface area contributed by atoms with Crippen molar-refractivity contribution in [1.29, 1.82) is 0 Å². The predicted molar refractivity (Wildman–Crippen MR) is 228 cm³/mol. The highest BCUT2D eigenvalue weighted by Gasteiger charge is 2.07. The van der Waals surface area contributed by atoms with Gasteiger partial charge in [0.1, 0.15) is 5.75 Å². The van der Waals surface area contributed by atoms with E-state index >= 15 is 0 Å². The van der Waals surface area contributed by atoms with Crippen LogP contribution >= 0.6 is 15.9 Å². The van der Waals surface area contributed by atoms with E-state index in [0.29, 0.717) is 6.61 Å². The molecule has 4 aromatic carbocycles. The zero-order valence-corrected chi connectivity index (χ0v) is 33.4. The highest BCUT2D eigenvalue weighted by Crippen LogP contribution is 2.26. The number of aryl methyl sites for hydroxylation is 1. The van der Waals surface area contributed by atoms with E-state index in [-0.39, 0.29) is 12.2 Å². The fourth-order valence-corrected chi connectivity index (χ4v) is 5.47. The molecule has 2 atom stereocenters. The average Bonchev–Trinajstić information content (AvgIpc) is 3.16. The second kappa shape index (κ2) is 21.9. The Labute approximate surface area is 328 Å². The number of rotatable bonds is 13. The zero-order chi connectivity index (χ0) is 38.7. The van der Waals surface area contributed by atoms with Crippen LogP contribution in [0.2, 0.25) is 0 Å². The Kier molecular flexibility index (Phi) is 16.8. The molecule has 9 nitrogen and oxygen atoms in total. The summed E-state index contributed by atoms with van der Waals surface area (Å²) < 4.78 is 17.2. The number of ether oxygens (including phenoxy) is 3. The lowest BCUT2D eigenvalue weighted by atomic mass is 10.2. The second-order valence-corrected chi connectivity index (χ2v) is 13.2. The molecule has 0 fully saturated rings. The van der Waals surface area contributed by atoms with Crippen LogP contribution in [0, 0.1) is 6.92 Å². The zero-order valence-electron chi connectivity index (χ0n) is 31.8. The van der Waals surface area contributed by atoms with Gasteiger partial charge in [0.05, 0.1) is 42.6 Å². The summed E-state index contributed by atoms with van der Waals surface area (Å²) in [7, 11) is 1.66. The first-order chi connectivity index (χ1) is 26.1. The van der Waals surface area contributed by atoms with Gasteiger partial charge in [0, 0.05) is 64.1 Å². The SMILES string of the molecule is CCOC(C)c1ccc(Br)cn1.CCOC(C)c1ccc(Nc2cccc(Nc3cccc(OC)c3)c2)cn1.Cc1cccc(Nc2cccc(N)c2)c1. The van der Waals surface area contributed by atoms with E-state index in [1.807, 2.05) is 137 Å². The van der Waals surface area contributed by atoms with Crippen molar-refractivity contribution in [2.24, 2.45) is 0 Å². The normalized spacial score (nSPS) is 11.5. The molecule has 0 spiro atoms. The Balaban J connectivity index is 0.000000202. The van der Waals surface area contributed by atoms with Crippen molar-refractivity contribution < 1.29 is 14.2 Å². The first-order valence-electron chi connectivity index (χ1n) is 17.9. The fraction of sp³-hybridized carbons (Fsp3) is 0.227. The van der Waals surface area contributed by atoms with Crippen LogP contribution in [0.3, 0.4) is 0 Å². The van der Waals surface area contributed by atoms with Crippen LogP contribution in [0.25, 0.3) is 0 Å². The molecular formula is C44H51BrN6O3. The minimum Gasteiger partial charge on any atom is -0.497 e. The Morgan fingerprint density at radius 1 is 0.593 bits per heavy atom. The molecule has 6 aromatic rings. The Bertz CT molecular complexity index is 1950. The van der Waals surface area contributed by atoms with E-state index in [1.54, 1.807) is 13.3 Å². The average molecular weight is 792 g/mol. The number of aromatic nitrogens is 2. The number of anilines is 7. The minimum absolute atomic E-state index is 0.000517. The number of methoxy groups -OCH3 is 1. The maximum absolute atomic E-state index is 5.70. The number of pyridine rings is 2. The molecule has 6 rings (SSSR count). The molecule has 2 aromatic heterocycles. The molecule has 54 heavy (non-hydrogen) atoms. The Hall–Kier alpha value is -5.42. The summed E-state index contributed by atoms with van der Waals surface area (Å²) in [5.41, 5.74) is 15.6. The second-order valence-electron chi connectivity index (χ2n) is 12.3. The predicted octanol–water partition coefficient (Wildman–Crippen LogP) is 11.9. The molecule has 0 saturated carbocycles. The molecule has 0 amide bonds. The van der Waals surface area contributed by atoms with Gasteiger partial charge in [-0.1, -0.05) is 30.3 Å². The summed E-state index contributed by atoms with van der Waals surface area (Å²) >= 11 is 3.33. The third-order valence-corrected chi connectivity index (χ3v) is 8.38. The summed E-state index contributed by atoms with van der Waals surface area (Å²) in [6, 6.07) is 39.9. The molecule has 10 heteroatoms. The molecule has 0 aliphatic heterocycles. The van der Waals surface area contributed by atoms with Crippen molar-refractivity contribution in [1.82, 2.24) is 9.97 Å². The van der Waals surface area contributed by atoms with Gasteiger partial charge in [-0.05, 0) is 141 Å². The topological polar surface area (TPSA) is 116 Å². The van der Waals surface area contributed by atoms with E-state index in [9.17, 15) is 0 Å². The van der Waals surface area contributed by atoms with E-state index in [0.717, 1.165) is 68.0 Å². The van der Waals surface area contributed by atoms with Crippen LogP contribution in [0.1, 0.15) is 56.9 Å². The smallest absolute Gasteiger partial charge is 0.120 e. The van der Waals surface area contributed by atoms with Crippen molar-refractivity contribution in [3.8, 4) is 5.75 Å². The van der Waals surface area contributed by atoms with Gasteiger partial charge in [0.2, 0.25) is 0 Å². The molecule has 0 aliphatic carbocycles. The number of hydrogen-bond donors (Lipinski definition) is 4. The van der Waals surface area contributed by atoms with Gasteiger partial charge in [-0.15, -0.1) is 0 Å². The Morgan fingerprint density at radius 2 is 1.09 bits per heavy atom. The van der Waals surface area contributed by atoms with Crippen LogP contribution in [-0.2, 0) is 9.47 Å². The van der Waals surface area contributed by atoms with Gasteiger partial charge >= 0.3 is 0 Å². The number of hydrogen-bond acceptors (Lipinski definition) is 9. The van der Waals surface area contributed by atoms with Crippen molar-refractivity contribution in [3.63, 3.8) is 0 Å². The van der Waals surface area contributed by atoms with Gasteiger partial charge in [0.15, 0.2) is 0 Å². The molecule has 2 unspecified atom stereocenters. The number of nitrogen functional groups attached to an aromatic ring is 1. The summed E-state index contributed by atoms with van der Waals surface area (Å²) in [6.45, 7) is 11.4. The maximum atomic E-state index is 5.70. The lowest BCUT2D eigenvalue weighted by molar-refractivity contribution is 0.0732. The highest BCUT2D eigenvalue weighted by atomic mass is 79.9. The van der Waals surface area contributed by atoms with Gasteiger partial charge in [-0.25, -0.2) is 0 Å². The number of nitrogens with two attached hydrogens (primary N) is 1. The maximum Gasteiger partial charge on any atom is 0.120 e. The van der Waals surface area contributed by atoms with E-state index in [1.165, 1.54) is 5.56 Å². The molecular weight excluding hydrogens is 740 g/mol. The van der Waals surface area contributed by atoms with E-state index < -0.39 is 0 Å². The summed E-state index contributed by atoms with van der Waals surface area (Å²) in [5.74, 6) is 0.821. The number of halogens is 1. The molecule has 2 heterocycles. The van der Waals surface area contributed by atoms with Crippen molar-refractivity contribution in [3.05, 3.63) is 155 Å². The van der Waals surface area contributed by atoms with Crippen LogP contribution in [0.5, 0.6) is 5.75 Å². The van der Waals surface area contributed by atoms with Gasteiger partial charge in [0.25, 0.3) is 0 Å². The lowest BCUT2D eigenvalue weighted by Crippen LogP contribution is -2.02. The fourth-order valence-electron chi connectivity index (χ4n) is 5.23. The Morgan fingerprint density at radius 3 is 1.61 bits per heavy atom. The summed E-state index contributed by atoms with van der Waals surface area (Å²) in [5, 5.41) is 10.1. The molecule has 282 valence electrons. The van der Waals surface area contributed by atoms with Crippen LogP contribution in [0.4, 0.5) is 39.8 Å². The van der Waals surface area contributed by atoms with Crippen molar-refractivity contribution in [2.75, 3.05) is 42.0 Å². The minimum atomic E-state index is -0.000517. The van der Waals surface area contributed by atoms with E-state index in [2.05, 4.69) is 67.0 Å². The van der Waals surface area contributed by atoms with Gasteiger partial charge in [-0.3, -0.25) is 9.97 Å². The molecule has 0 aliphatic rings. The van der Waals surface area contributed by atoms with Crippen LogP contribution < -0.4 is 26.4 Å². The van der Waals surface area contributed by atoms with Crippen LogP contribution in [0.15, 0.2) is 138 Å². The first-order valence-corrected chi connectivity index (χ1v) is 18.7. The number of benzene rings is 4. The standard InChI is InChI=1S/C22H25N3O2.C13H14N2.C9H12BrNO/c1-4-27-16(2)22-12-11-20(15-23-22)25-18-8-5-7-17(13-18)24-19-9-6-10-21(14-19)26-3;1-10-4-2-6-12(8-10)15-13-7-3-5-11(14)9-13;1-3-12-7(2)9-5-4-8(10)6-11-9/h5-16,24-25H,4H2,1-3H3;2-9,15H,14H2,1H3;4-7H,3H2,1-2H3. The highest BCUT2D eigenvalue weighted by molar-refractivity contribution is 9.10. The van der Waals surface area contributed by atoms with E-state index in [4.69, 9.17) is 19.9 Å². The summed E-state index contributed by atoms with van der Waals surface area (Å²) in [6.07, 6.45) is 3.69. The molecule has 0 bridgehead atoms. The summed E-state index contributed by atoms with van der Waals surface area (Å²) in [4.78, 5) is 8.71.